The van der Waals surface area contributed by atoms with Crippen molar-refractivity contribution in [2.24, 2.45) is 0 Å². The van der Waals surface area contributed by atoms with E-state index in [0.29, 0.717) is 0 Å². The summed E-state index contributed by atoms with van der Waals surface area (Å²) in [6.45, 7) is 1.65. The first-order valence-electron chi connectivity index (χ1n) is 4.30. The summed E-state index contributed by atoms with van der Waals surface area (Å²) in [6.07, 6.45) is 1.74. The molecule has 0 radical (unpaired) electrons. The molecule has 86 valence electrons. The standard InChI is InChI=1S/C6H14O2S2.C2H4O2/c7-3-1-5-9-10-6-2-4-8;1-2(3)4/h7-8H,1-6H2;1H3,(H,3,4). The van der Waals surface area contributed by atoms with E-state index >= 15 is 0 Å². The van der Waals surface area contributed by atoms with Crippen LogP contribution in [0, 0.1) is 0 Å². The van der Waals surface area contributed by atoms with Gasteiger partial charge in [0.05, 0.1) is 0 Å². The Morgan fingerprint density at radius 3 is 1.57 bits per heavy atom. The van der Waals surface area contributed by atoms with Gasteiger partial charge in [0.15, 0.2) is 0 Å². The van der Waals surface area contributed by atoms with E-state index in [9.17, 15) is 0 Å². The minimum absolute atomic E-state index is 0.285. The van der Waals surface area contributed by atoms with Gasteiger partial charge in [0.2, 0.25) is 0 Å². The lowest BCUT2D eigenvalue weighted by atomic mass is 10.5. The minimum Gasteiger partial charge on any atom is -0.481 e. The third-order valence-electron chi connectivity index (χ3n) is 0.855. The largest absolute Gasteiger partial charge is 0.481 e. The molecule has 0 spiro atoms. The van der Waals surface area contributed by atoms with Crippen LogP contribution in [0.3, 0.4) is 0 Å². The van der Waals surface area contributed by atoms with Crippen molar-refractivity contribution in [1.29, 1.82) is 0 Å². The van der Waals surface area contributed by atoms with E-state index in [0.717, 1.165) is 31.3 Å². The van der Waals surface area contributed by atoms with Crippen molar-refractivity contribution in [2.75, 3.05) is 24.7 Å². The van der Waals surface area contributed by atoms with Gasteiger partial charge in [-0.2, -0.15) is 0 Å². The van der Waals surface area contributed by atoms with Gasteiger partial charge in [-0.05, 0) is 12.8 Å². The minimum atomic E-state index is -0.833. The van der Waals surface area contributed by atoms with Gasteiger partial charge in [-0.25, -0.2) is 0 Å². The second-order valence-corrected chi connectivity index (χ2v) is 5.02. The van der Waals surface area contributed by atoms with Crippen LogP contribution in [0.2, 0.25) is 0 Å². The number of rotatable bonds is 7. The number of hydrogen-bond donors (Lipinski definition) is 3. The molecule has 0 amide bonds. The first kappa shape index (κ1) is 16.5. The molecule has 0 aromatic carbocycles. The number of hydrogen-bond acceptors (Lipinski definition) is 5. The quantitative estimate of drug-likeness (QED) is 0.460. The molecule has 0 atom stereocenters. The summed E-state index contributed by atoms with van der Waals surface area (Å²) in [5.74, 6) is 1.18. The molecule has 0 fully saturated rings. The number of aliphatic hydroxyl groups is 2. The highest BCUT2D eigenvalue weighted by molar-refractivity contribution is 8.76. The maximum atomic E-state index is 9.00. The third-order valence-corrected chi connectivity index (χ3v) is 3.43. The summed E-state index contributed by atoms with van der Waals surface area (Å²) in [5.41, 5.74) is 0. The smallest absolute Gasteiger partial charge is 0.300 e. The summed E-state index contributed by atoms with van der Waals surface area (Å²) in [5, 5.41) is 24.2. The SMILES string of the molecule is CC(=O)O.OCCCSSCCCO. The van der Waals surface area contributed by atoms with Crippen molar-refractivity contribution in [3.05, 3.63) is 0 Å². The summed E-state index contributed by atoms with van der Waals surface area (Å²) < 4.78 is 0. The summed E-state index contributed by atoms with van der Waals surface area (Å²) in [7, 11) is 3.53. The molecule has 0 aromatic rings. The Bertz CT molecular complexity index is 110. The van der Waals surface area contributed by atoms with Crippen molar-refractivity contribution < 1.29 is 20.1 Å². The van der Waals surface area contributed by atoms with Crippen LogP contribution < -0.4 is 0 Å². The highest BCUT2D eigenvalue weighted by atomic mass is 33.1. The zero-order valence-corrected chi connectivity index (χ0v) is 9.94. The highest BCUT2D eigenvalue weighted by Crippen LogP contribution is 2.21. The van der Waals surface area contributed by atoms with E-state index in [1.54, 1.807) is 21.6 Å². The van der Waals surface area contributed by atoms with E-state index in [-0.39, 0.29) is 13.2 Å². The van der Waals surface area contributed by atoms with Gasteiger partial charge < -0.3 is 15.3 Å². The molecule has 0 bridgehead atoms. The molecular formula is C8H18O4S2. The fourth-order valence-corrected chi connectivity index (χ4v) is 2.51. The molecule has 0 saturated heterocycles. The van der Waals surface area contributed by atoms with Gasteiger partial charge in [0.1, 0.15) is 0 Å². The summed E-state index contributed by atoms with van der Waals surface area (Å²) in [4.78, 5) is 9.00. The lowest BCUT2D eigenvalue weighted by Gasteiger charge is -1.96. The topological polar surface area (TPSA) is 77.8 Å². The molecule has 0 saturated carbocycles. The van der Waals surface area contributed by atoms with Crippen molar-refractivity contribution >= 4 is 27.6 Å². The van der Waals surface area contributed by atoms with E-state index in [1.165, 1.54) is 0 Å². The van der Waals surface area contributed by atoms with Gasteiger partial charge in [0, 0.05) is 31.6 Å². The van der Waals surface area contributed by atoms with Gasteiger partial charge in [-0.1, -0.05) is 21.6 Å². The summed E-state index contributed by atoms with van der Waals surface area (Å²) in [6, 6.07) is 0. The predicted octanol–water partition coefficient (Wildman–Crippen LogP) is 1.22. The molecule has 4 nitrogen and oxygen atoms in total. The van der Waals surface area contributed by atoms with E-state index in [4.69, 9.17) is 20.1 Å². The Morgan fingerprint density at radius 1 is 1.07 bits per heavy atom. The lowest BCUT2D eigenvalue weighted by molar-refractivity contribution is -0.134. The Balaban J connectivity index is 0. The molecule has 0 aliphatic heterocycles. The first-order valence-corrected chi connectivity index (χ1v) is 6.79. The number of aliphatic hydroxyl groups excluding tert-OH is 2. The first-order chi connectivity index (χ1) is 6.65. The molecule has 3 N–H and O–H groups in total. The van der Waals surface area contributed by atoms with Gasteiger partial charge in [0.25, 0.3) is 5.97 Å². The van der Waals surface area contributed by atoms with Crippen LogP contribution in [-0.2, 0) is 4.79 Å². The second-order valence-electron chi connectivity index (χ2n) is 2.32. The van der Waals surface area contributed by atoms with Crippen LogP contribution in [0.15, 0.2) is 0 Å². The van der Waals surface area contributed by atoms with Gasteiger partial charge in [-0.15, -0.1) is 0 Å². The molecule has 0 unspecified atom stereocenters. The van der Waals surface area contributed by atoms with Crippen molar-refractivity contribution in [3.63, 3.8) is 0 Å². The number of carboxylic acids is 1. The number of aliphatic carboxylic acids is 1. The number of carboxylic acid groups (broad SMARTS) is 1. The zero-order valence-electron chi connectivity index (χ0n) is 8.31. The Labute approximate surface area is 92.5 Å². The van der Waals surface area contributed by atoms with Crippen LogP contribution in [0.4, 0.5) is 0 Å². The monoisotopic (exact) mass is 242 g/mol. The second kappa shape index (κ2) is 15.6. The maximum Gasteiger partial charge on any atom is 0.300 e. The fourth-order valence-electron chi connectivity index (χ4n) is 0.365. The van der Waals surface area contributed by atoms with E-state index < -0.39 is 5.97 Å². The number of carbonyl (C=O) groups is 1. The van der Waals surface area contributed by atoms with Gasteiger partial charge in [-0.3, -0.25) is 4.79 Å². The van der Waals surface area contributed by atoms with E-state index in [1.807, 2.05) is 0 Å². The molecule has 0 aliphatic rings. The Hall–Kier alpha value is 0.0900. The maximum absolute atomic E-state index is 9.00. The van der Waals surface area contributed by atoms with Crippen LogP contribution in [-0.4, -0.2) is 46.0 Å². The average molecular weight is 242 g/mol. The summed E-state index contributed by atoms with van der Waals surface area (Å²) >= 11 is 0. The third kappa shape index (κ3) is 29.6. The van der Waals surface area contributed by atoms with Gasteiger partial charge >= 0.3 is 0 Å². The zero-order chi connectivity index (χ0) is 11.2. The Morgan fingerprint density at radius 2 is 1.36 bits per heavy atom. The normalized spacial score (nSPS) is 9.07. The molecule has 0 aliphatic carbocycles. The fraction of sp³-hybridized carbons (Fsp3) is 0.875. The average Bonchev–Trinajstić information content (AvgIpc) is 2.10. The Kier molecular flexibility index (Phi) is 18.4. The van der Waals surface area contributed by atoms with Crippen LogP contribution >= 0.6 is 21.6 Å². The molecule has 0 rings (SSSR count). The molecule has 0 aromatic heterocycles. The molecular weight excluding hydrogens is 224 g/mol. The van der Waals surface area contributed by atoms with Crippen molar-refractivity contribution in [3.8, 4) is 0 Å². The van der Waals surface area contributed by atoms with Crippen LogP contribution in [0.1, 0.15) is 19.8 Å². The highest BCUT2D eigenvalue weighted by Gasteiger charge is 1.89. The molecule has 6 heteroatoms. The molecule has 0 heterocycles. The predicted molar refractivity (Wildman–Crippen MR) is 61.6 cm³/mol. The van der Waals surface area contributed by atoms with Crippen LogP contribution in [0.5, 0.6) is 0 Å². The van der Waals surface area contributed by atoms with Crippen molar-refractivity contribution in [1.82, 2.24) is 0 Å². The molecule has 14 heavy (non-hydrogen) atoms. The van der Waals surface area contributed by atoms with Crippen LogP contribution in [0.25, 0.3) is 0 Å². The van der Waals surface area contributed by atoms with Crippen molar-refractivity contribution in [2.45, 2.75) is 19.8 Å². The van der Waals surface area contributed by atoms with E-state index in [2.05, 4.69) is 0 Å². The lowest BCUT2D eigenvalue weighted by Crippen LogP contribution is -1.85.